The Hall–Kier alpha value is 0.270. The highest BCUT2D eigenvalue weighted by Crippen LogP contribution is 2.10. The van der Waals surface area contributed by atoms with Gasteiger partial charge in [-0.25, -0.2) is 0 Å². The van der Waals surface area contributed by atoms with Crippen molar-refractivity contribution in [2.45, 2.75) is 25.9 Å². The van der Waals surface area contributed by atoms with E-state index in [1.54, 1.807) is 0 Å². The van der Waals surface area contributed by atoms with Crippen molar-refractivity contribution in [1.82, 2.24) is 4.90 Å². The molecule has 72 valence electrons. The van der Waals surface area contributed by atoms with Gasteiger partial charge in [0.25, 0.3) is 0 Å². The summed E-state index contributed by atoms with van der Waals surface area (Å²) in [5.41, 5.74) is 0. The topological polar surface area (TPSA) is 23.5 Å². The summed E-state index contributed by atoms with van der Waals surface area (Å²) in [6.45, 7) is 5.24. The number of rotatable bonds is 3. The van der Waals surface area contributed by atoms with Crippen LogP contribution in [0.15, 0.2) is 0 Å². The number of β-amino-alcohol motifs (C(OH)–C–C–N with tert-alkyl or cyclic N) is 1. The Balaban J connectivity index is 2.20. The Morgan fingerprint density at radius 3 is 3.00 bits per heavy atom. The third kappa shape index (κ3) is 3.78. The monoisotopic (exact) mass is 189 g/mol. The molecule has 3 heteroatoms. The first-order valence-electron chi connectivity index (χ1n) is 4.81. The molecule has 1 rings (SSSR count). The molecule has 1 fully saturated rings. The molecule has 1 heterocycles. The van der Waals surface area contributed by atoms with Crippen LogP contribution in [0.5, 0.6) is 0 Å². The van der Waals surface area contributed by atoms with Crippen LogP contribution < -0.4 is 0 Å². The lowest BCUT2D eigenvalue weighted by atomic mass is 10.2. The minimum Gasteiger partial charge on any atom is -0.392 e. The van der Waals surface area contributed by atoms with Gasteiger partial charge in [0.1, 0.15) is 0 Å². The molecule has 2 nitrogen and oxygen atoms in total. The molecule has 1 aliphatic rings. The van der Waals surface area contributed by atoms with E-state index in [1.165, 1.54) is 24.5 Å². The van der Waals surface area contributed by atoms with E-state index < -0.39 is 0 Å². The van der Waals surface area contributed by atoms with Crippen LogP contribution in [-0.4, -0.2) is 47.3 Å². The maximum Gasteiger partial charge on any atom is 0.0664 e. The van der Waals surface area contributed by atoms with E-state index in [4.69, 9.17) is 0 Å². The highest BCUT2D eigenvalue weighted by Gasteiger charge is 2.11. The number of nitrogens with zero attached hydrogens (tertiary/aromatic N) is 1. The molecule has 0 aromatic heterocycles. The van der Waals surface area contributed by atoms with Gasteiger partial charge in [-0.1, -0.05) is 6.92 Å². The van der Waals surface area contributed by atoms with Crippen LogP contribution in [0, 0.1) is 0 Å². The summed E-state index contributed by atoms with van der Waals surface area (Å²) in [4.78, 5) is 2.38. The van der Waals surface area contributed by atoms with Crippen LogP contribution in [0.25, 0.3) is 0 Å². The van der Waals surface area contributed by atoms with E-state index in [1.807, 2.05) is 18.7 Å². The minimum absolute atomic E-state index is 0.118. The van der Waals surface area contributed by atoms with Crippen molar-refractivity contribution >= 4 is 11.8 Å². The van der Waals surface area contributed by atoms with Gasteiger partial charge >= 0.3 is 0 Å². The van der Waals surface area contributed by atoms with Crippen molar-refractivity contribution in [3.63, 3.8) is 0 Å². The van der Waals surface area contributed by atoms with Gasteiger partial charge in [0.05, 0.1) is 6.10 Å². The lowest BCUT2D eigenvalue weighted by Gasteiger charge is -2.21. The largest absolute Gasteiger partial charge is 0.392 e. The molecule has 0 aromatic rings. The van der Waals surface area contributed by atoms with E-state index in [0.29, 0.717) is 0 Å². The molecule has 0 aliphatic carbocycles. The van der Waals surface area contributed by atoms with Crippen LogP contribution in [0.2, 0.25) is 0 Å². The van der Waals surface area contributed by atoms with Crippen molar-refractivity contribution in [3.8, 4) is 0 Å². The van der Waals surface area contributed by atoms with E-state index >= 15 is 0 Å². The summed E-state index contributed by atoms with van der Waals surface area (Å²) in [6, 6.07) is 0. The maximum absolute atomic E-state index is 9.45. The SMILES string of the molecule is CCC(O)CN1CCCSCC1. The highest BCUT2D eigenvalue weighted by molar-refractivity contribution is 7.99. The summed E-state index contributed by atoms with van der Waals surface area (Å²) in [7, 11) is 0. The molecular weight excluding hydrogens is 170 g/mol. The molecule has 0 aromatic carbocycles. The smallest absolute Gasteiger partial charge is 0.0664 e. The number of aliphatic hydroxyl groups excluding tert-OH is 1. The second-order valence-electron chi connectivity index (χ2n) is 3.33. The third-order valence-electron chi connectivity index (χ3n) is 2.26. The fourth-order valence-corrected chi connectivity index (χ4v) is 2.33. The molecule has 0 spiro atoms. The van der Waals surface area contributed by atoms with E-state index in [-0.39, 0.29) is 6.10 Å². The molecule has 0 amide bonds. The Morgan fingerprint density at radius 1 is 1.42 bits per heavy atom. The minimum atomic E-state index is -0.118. The molecule has 1 aliphatic heterocycles. The lowest BCUT2D eigenvalue weighted by molar-refractivity contribution is 0.113. The first-order chi connectivity index (χ1) is 5.83. The molecule has 0 saturated carbocycles. The van der Waals surface area contributed by atoms with E-state index in [2.05, 4.69) is 4.90 Å². The van der Waals surface area contributed by atoms with E-state index in [0.717, 1.165) is 19.5 Å². The van der Waals surface area contributed by atoms with Crippen LogP contribution >= 0.6 is 11.8 Å². The van der Waals surface area contributed by atoms with Crippen molar-refractivity contribution in [2.24, 2.45) is 0 Å². The van der Waals surface area contributed by atoms with Crippen LogP contribution in [0.1, 0.15) is 19.8 Å². The Labute approximate surface area is 79.3 Å². The van der Waals surface area contributed by atoms with Crippen molar-refractivity contribution < 1.29 is 5.11 Å². The van der Waals surface area contributed by atoms with Crippen molar-refractivity contribution in [2.75, 3.05) is 31.1 Å². The molecule has 0 radical (unpaired) electrons. The van der Waals surface area contributed by atoms with Gasteiger partial charge < -0.3 is 5.11 Å². The molecular formula is C9H19NOS. The predicted octanol–water partition coefficient (Wildman–Crippen LogP) is 1.20. The summed E-state index contributed by atoms with van der Waals surface area (Å²) in [5, 5.41) is 9.45. The predicted molar refractivity (Wildman–Crippen MR) is 54.7 cm³/mol. The van der Waals surface area contributed by atoms with Crippen molar-refractivity contribution in [3.05, 3.63) is 0 Å². The number of hydrogen-bond donors (Lipinski definition) is 1. The summed E-state index contributed by atoms with van der Waals surface area (Å²) < 4.78 is 0. The van der Waals surface area contributed by atoms with Crippen molar-refractivity contribution in [1.29, 1.82) is 0 Å². The average molecular weight is 189 g/mol. The zero-order valence-electron chi connectivity index (χ0n) is 7.83. The van der Waals surface area contributed by atoms with Gasteiger partial charge in [0.15, 0.2) is 0 Å². The van der Waals surface area contributed by atoms with Crippen LogP contribution in [-0.2, 0) is 0 Å². The fourth-order valence-electron chi connectivity index (χ4n) is 1.41. The maximum atomic E-state index is 9.45. The van der Waals surface area contributed by atoms with Crippen LogP contribution in [0.4, 0.5) is 0 Å². The van der Waals surface area contributed by atoms with Gasteiger partial charge in [-0.05, 0) is 25.1 Å². The number of hydrogen-bond acceptors (Lipinski definition) is 3. The summed E-state index contributed by atoms with van der Waals surface area (Å²) in [6.07, 6.45) is 2.04. The molecule has 0 bridgehead atoms. The second-order valence-corrected chi connectivity index (χ2v) is 4.55. The number of aliphatic hydroxyl groups is 1. The zero-order chi connectivity index (χ0) is 8.81. The zero-order valence-corrected chi connectivity index (χ0v) is 8.65. The van der Waals surface area contributed by atoms with Gasteiger partial charge in [-0.15, -0.1) is 0 Å². The molecule has 1 N–H and O–H groups in total. The Morgan fingerprint density at radius 2 is 2.25 bits per heavy atom. The van der Waals surface area contributed by atoms with Crippen LogP contribution in [0.3, 0.4) is 0 Å². The van der Waals surface area contributed by atoms with Gasteiger partial charge in [-0.2, -0.15) is 11.8 Å². The average Bonchev–Trinajstić information content (AvgIpc) is 2.33. The lowest BCUT2D eigenvalue weighted by Crippen LogP contribution is -2.33. The molecule has 1 unspecified atom stereocenters. The molecule has 1 saturated heterocycles. The standard InChI is InChI=1S/C9H19NOS/c1-2-9(11)8-10-4-3-6-12-7-5-10/h9,11H,2-8H2,1H3. The van der Waals surface area contributed by atoms with Gasteiger partial charge in [-0.3, -0.25) is 4.90 Å². The number of thioether (sulfide) groups is 1. The normalized spacial score (nSPS) is 23.5. The first-order valence-corrected chi connectivity index (χ1v) is 5.96. The Kier molecular flexibility index (Phi) is 5.04. The summed E-state index contributed by atoms with van der Waals surface area (Å²) >= 11 is 2.03. The molecule has 12 heavy (non-hydrogen) atoms. The van der Waals surface area contributed by atoms with E-state index in [9.17, 15) is 5.11 Å². The third-order valence-corrected chi connectivity index (χ3v) is 3.30. The summed E-state index contributed by atoms with van der Waals surface area (Å²) in [5.74, 6) is 2.52. The van der Waals surface area contributed by atoms with Gasteiger partial charge in [0, 0.05) is 18.8 Å². The highest BCUT2D eigenvalue weighted by atomic mass is 32.2. The quantitative estimate of drug-likeness (QED) is 0.721. The fraction of sp³-hybridized carbons (Fsp3) is 1.00. The first kappa shape index (κ1) is 10.4. The van der Waals surface area contributed by atoms with Gasteiger partial charge in [0.2, 0.25) is 0 Å². The molecule has 1 atom stereocenters. The Bertz CT molecular complexity index is 113. The second kappa shape index (κ2) is 5.84.